The van der Waals surface area contributed by atoms with E-state index >= 15 is 0 Å². The lowest BCUT2D eigenvalue weighted by molar-refractivity contribution is -0.122. The lowest BCUT2D eigenvalue weighted by atomic mass is 10.1. The molecule has 0 bridgehead atoms. The topological polar surface area (TPSA) is 54.3 Å². The molecule has 31 heavy (non-hydrogen) atoms. The summed E-state index contributed by atoms with van der Waals surface area (Å²) >= 11 is 11.3. The summed E-state index contributed by atoms with van der Waals surface area (Å²) in [5, 5.41) is 3.38. The number of carbonyl (C=O) groups excluding carboxylic acids is 2. The third-order valence-corrected chi connectivity index (χ3v) is 5.85. The van der Waals surface area contributed by atoms with Gasteiger partial charge in [-0.1, -0.05) is 29.8 Å². The van der Waals surface area contributed by atoms with E-state index in [1.54, 1.807) is 12.1 Å². The number of para-hydroxylation sites is 1. The van der Waals surface area contributed by atoms with Gasteiger partial charge in [0.15, 0.2) is 5.11 Å². The van der Waals surface area contributed by atoms with E-state index in [2.05, 4.69) is 9.88 Å². The first kappa shape index (κ1) is 21.0. The molecule has 1 N–H and O–H groups in total. The van der Waals surface area contributed by atoms with Crippen LogP contribution in [0.25, 0.3) is 11.8 Å². The second kappa shape index (κ2) is 8.13. The molecular weight excluding hydrogens is 430 g/mol. The number of benzene rings is 2. The number of halogens is 1. The van der Waals surface area contributed by atoms with Gasteiger partial charge in [0, 0.05) is 22.1 Å². The van der Waals surface area contributed by atoms with Gasteiger partial charge in [-0.15, -0.1) is 0 Å². The van der Waals surface area contributed by atoms with Crippen LogP contribution < -0.4 is 10.2 Å². The van der Waals surface area contributed by atoms with E-state index in [-0.39, 0.29) is 10.7 Å². The quantitative estimate of drug-likeness (QED) is 0.352. The number of carbonyl (C=O) groups is 2. The van der Waals surface area contributed by atoms with Gasteiger partial charge in [-0.25, -0.2) is 0 Å². The van der Waals surface area contributed by atoms with Gasteiger partial charge in [-0.05, 0) is 86.6 Å². The smallest absolute Gasteiger partial charge is 0.270 e. The fourth-order valence-electron chi connectivity index (χ4n) is 3.77. The van der Waals surface area contributed by atoms with Gasteiger partial charge in [0.2, 0.25) is 0 Å². The number of thiocarbonyl (C=S) groups is 1. The molecule has 2 amide bonds. The van der Waals surface area contributed by atoms with Crippen LogP contribution in [-0.4, -0.2) is 21.5 Å². The molecule has 2 aromatic carbocycles. The fourth-order valence-corrected chi connectivity index (χ4v) is 4.17. The van der Waals surface area contributed by atoms with Crippen LogP contribution in [0.5, 0.6) is 0 Å². The van der Waals surface area contributed by atoms with Crippen LogP contribution in [0.15, 0.2) is 60.2 Å². The molecule has 1 aromatic heterocycles. The predicted octanol–water partition coefficient (Wildman–Crippen LogP) is 4.89. The zero-order valence-electron chi connectivity index (χ0n) is 17.3. The molecule has 1 saturated heterocycles. The van der Waals surface area contributed by atoms with Gasteiger partial charge in [-0.3, -0.25) is 19.8 Å². The van der Waals surface area contributed by atoms with Crippen molar-refractivity contribution in [1.29, 1.82) is 0 Å². The minimum atomic E-state index is -0.504. The Morgan fingerprint density at radius 3 is 2.35 bits per heavy atom. The van der Waals surface area contributed by atoms with E-state index in [9.17, 15) is 9.59 Å². The Labute approximate surface area is 190 Å². The van der Waals surface area contributed by atoms with E-state index < -0.39 is 11.8 Å². The first-order valence-electron chi connectivity index (χ1n) is 9.70. The largest absolute Gasteiger partial charge is 0.318 e. The molecule has 4 rings (SSSR count). The maximum absolute atomic E-state index is 13.3. The van der Waals surface area contributed by atoms with Crippen LogP contribution in [0.4, 0.5) is 5.69 Å². The minimum absolute atomic E-state index is 0.0354. The maximum Gasteiger partial charge on any atom is 0.270 e. The molecule has 3 aromatic rings. The van der Waals surface area contributed by atoms with Crippen LogP contribution in [-0.2, 0) is 9.59 Å². The van der Waals surface area contributed by atoms with E-state index in [0.29, 0.717) is 10.7 Å². The van der Waals surface area contributed by atoms with E-state index in [1.165, 1.54) is 4.90 Å². The summed E-state index contributed by atoms with van der Waals surface area (Å²) in [6.45, 7) is 5.81. The standard InChI is InChI=1S/C24H20ClN3O2S/c1-14-6-4-5-7-21(14)28-23(30)20(22(29)26-24(28)31)13-17-12-15(2)27(16(17)3)19-10-8-18(25)9-11-19/h4-13H,1-3H3,(H,26,29,31)/b20-13+. The Hall–Kier alpha value is -3.22. The van der Waals surface area contributed by atoms with Gasteiger partial charge in [0.05, 0.1) is 5.69 Å². The Kier molecular flexibility index (Phi) is 5.52. The third-order valence-electron chi connectivity index (χ3n) is 5.31. The second-order valence-electron chi connectivity index (χ2n) is 7.38. The summed E-state index contributed by atoms with van der Waals surface area (Å²) in [6.07, 6.45) is 1.62. The van der Waals surface area contributed by atoms with E-state index in [4.69, 9.17) is 23.8 Å². The number of hydrogen-bond acceptors (Lipinski definition) is 3. The van der Waals surface area contributed by atoms with Crippen LogP contribution in [0.1, 0.15) is 22.5 Å². The van der Waals surface area contributed by atoms with Crippen molar-refractivity contribution in [3.05, 3.63) is 87.7 Å². The van der Waals surface area contributed by atoms with Crippen LogP contribution in [0.2, 0.25) is 5.02 Å². The highest BCUT2D eigenvalue weighted by atomic mass is 35.5. The highest BCUT2D eigenvalue weighted by Crippen LogP contribution is 2.27. The average molecular weight is 450 g/mol. The molecule has 0 saturated carbocycles. The first-order valence-corrected chi connectivity index (χ1v) is 10.5. The average Bonchev–Trinajstić information content (AvgIpc) is 3.00. The minimum Gasteiger partial charge on any atom is -0.318 e. The van der Waals surface area contributed by atoms with Crippen molar-refractivity contribution in [3.63, 3.8) is 0 Å². The molecule has 0 spiro atoms. The van der Waals surface area contributed by atoms with Crippen molar-refractivity contribution >= 4 is 52.5 Å². The SMILES string of the molecule is Cc1ccccc1N1C(=O)/C(=C/c2cc(C)n(-c3ccc(Cl)cc3)c2C)C(=O)NC1=S. The molecule has 1 aliphatic heterocycles. The van der Waals surface area contributed by atoms with Crippen molar-refractivity contribution in [2.45, 2.75) is 20.8 Å². The number of aromatic nitrogens is 1. The third kappa shape index (κ3) is 3.80. The lowest BCUT2D eigenvalue weighted by Gasteiger charge is -2.30. The van der Waals surface area contributed by atoms with Crippen molar-refractivity contribution in [2.24, 2.45) is 0 Å². The van der Waals surface area contributed by atoms with Crippen LogP contribution in [0, 0.1) is 20.8 Å². The number of aryl methyl sites for hydroxylation is 2. The maximum atomic E-state index is 13.3. The highest BCUT2D eigenvalue weighted by Gasteiger charge is 2.35. The number of hydrogen-bond donors (Lipinski definition) is 1. The Bertz CT molecular complexity index is 1260. The summed E-state index contributed by atoms with van der Waals surface area (Å²) in [5.74, 6) is -0.949. The van der Waals surface area contributed by atoms with E-state index in [1.807, 2.05) is 69.3 Å². The molecule has 156 valence electrons. The fraction of sp³-hybridized carbons (Fsp3) is 0.125. The number of anilines is 1. The molecule has 2 heterocycles. The molecule has 5 nitrogen and oxygen atoms in total. The summed E-state index contributed by atoms with van der Waals surface area (Å²) in [4.78, 5) is 27.3. The number of rotatable bonds is 3. The van der Waals surface area contributed by atoms with Gasteiger partial charge in [-0.2, -0.15) is 0 Å². The highest BCUT2D eigenvalue weighted by molar-refractivity contribution is 7.80. The molecule has 0 unspecified atom stereocenters. The van der Waals surface area contributed by atoms with Gasteiger partial charge in [0.25, 0.3) is 11.8 Å². The van der Waals surface area contributed by atoms with Crippen molar-refractivity contribution in [3.8, 4) is 5.69 Å². The first-order chi connectivity index (χ1) is 14.8. The molecular formula is C24H20ClN3O2S. The number of nitrogens with zero attached hydrogens (tertiary/aromatic N) is 2. The number of amides is 2. The summed E-state index contributed by atoms with van der Waals surface area (Å²) in [6, 6.07) is 16.9. The van der Waals surface area contributed by atoms with Crippen LogP contribution in [0.3, 0.4) is 0 Å². The normalized spacial score (nSPS) is 15.5. The molecule has 0 radical (unpaired) electrons. The van der Waals surface area contributed by atoms with Crippen molar-refractivity contribution < 1.29 is 9.59 Å². The molecule has 1 fully saturated rings. The van der Waals surface area contributed by atoms with Gasteiger partial charge < -0.3 is 4.57 Å². The Balaban J connectivity index is 1.77. The monoisotopic (exact) mass is 449 g/mol. The van der Waals surface area contributed by atoms with E-state index in [0.717, 1.165) is 28.2 Å². The molecule has 0 aliphatic carbocycles. The lowest BCUT2D eigenvalue weighted by Crippen LogP contribution is -2.54. The van der Waals surface area contributed by atoms with Gasteiger partial charge >= 0.3 is 0 Å². The second-order valence-corrected chi connectivity index (χ2v) is 8.21. The Morgan fingerprint density at radius 1 is 1.00 bits per heavy atom. The van der Waals surface area contributed by atoms with Gasteiger partial charge in [0.1, 0.15) is 5.57 Å². The Morgan fingerprint density at radius 2 is 1.68 bits per heavy atom. The number of nitrogens with one attached hydrogen (secondary N) is 1. The predicted molar refractivity (Wildman–Crippen MR) is 128 cm³/mol. The summed E-state index contributed by atoms with van der Waals surface area (Å²) in [7, 11) is 0. The summed E-state index contributed by atoms with van der Waals surface area (Å²) in [5.41, 5.74) is 5.18. The van der Waals surface area contributed by atoms with Crippen molar-refractivity contribution in [2.75, 3.05) is 4.90 Å². The van der Waals surface area contributed by atoms with Crippen molar-refractivity contribution in [1.82, 2.24) is 9.88 Å². The summed E-state index contributed by atoms with van der Waals surface area (Å²) < 4.78 is 2.05. The zero-order chi connectivity index (χ0) is 22.3. The molecule has 0 atom stereocenters. The zero-order valence-corrected chi connectivity index (χ0v) is 18.8. The molecule has 1 aliphatic rings. The molecule has 7 heteroatoms. The van der Waals surface area contributed by atoms with Crippen LogP contribution >= 0.6 is 23.8 Å².